The van der Waals surface area contributed by atoms with Crippen LogP contribution in [0.1, 0.15) is 33.2 Å². The highest BCUT2D eigenvalue weighted by Gasteiger charge is 2.50. The molecule has 1 aliphatic rings. The van der Waals surface area contributed by atoms with E-state index < -0.39 is 42.6 Å². The lowest BCUT2D eigenvalue weighted by Gasteiger charge is -2.43. The highest BCUT2D eigenvalue weighted by molar-refractivity contribution is 5.90. The van der Waals surface area contributed by atoms with Gasteiger partial charge < -0.3 is 23.7 Å². The van der Waals surface area contributed by atoms with Gasteiger partial charge >= 0.3 is 11.9 Å². The summed E-state index contributed by atoms with van der Waals surface area (Å²) in [5, 5.41) is 0. The van der Waals surface area contributed by atoms with Crippen LogP contribution in [0.3, 0.4) is 0 Å². The third-order valence-corrected chi connectivity index (χ3v) is 5.75. The van der Waals surface area contributed by atoms with Gasteiger partial charge in [0.15, 0.2) is 18.5 Å². The lowest BCUT2D eigenvalue weighted by molar-refractivity contribution is -0.293. The molecular formula is C28H28O7. The monoisotopic (exact) mass is 476 g/mol. The summed E-state index contributed by atoms with van der Waals surface area (Å²) in [6.07, 6.45) is -4.18. The fraction of sp³-hybridized carbons (Fsp3) is 0.286. The van der Waals surface area contributed by atoms with Crippen LogP contribution >= 0.6 is 0 Å². The highest BCUT2D eigenvalue weighted by Crippen LogP contribution is 2.30. The number of ether oxygens (including phenoxy) is 5. The second-order valence-corrected chi connectivity index (χ2v) is 8.18. The van der Waals surface area contributed by atoms with Crippen molar-refractivity contribution in [3.63, 3.8) is 0 Å². The number of carbonyl (C=O) groups excluding carboxylic acids is 2. The third-order valence-electron chi connectivity index (χ3n) is 5.75. The molecule has 1 saturated heterocycles. The van der Waals surface area contributed by atoms with Gasteiger partial charge in [-0.15, -0.1) is 0 Å². The molecule has 0 spiro atoms. The lowest BCUT2D eigenvalue weighted by atomic mass is 9.98. The Morgan fingerprint density at radius 1 is 0.714 bits per heavy atom. The first-order chi connectivity index (χ1) is 17.1. The predicted molar refractivity (Wildman–Crippen MR) is 128 cm³/mol. The molecule has 0 amide bonds. The number of esters is 2. The van der Waals surface area contributed by atoms with Crippen molar-refractivity contribution in [1.82, 2.24) is 0 Å². The summed E-state index contributed by atoms with van der Waals surface area (Å²) >= 11 is 0. The zero-order valence-electron chi connectivity index (χ0n) is 19.6. The second-order valence-electron chi connectivity index (χ2n) is 8.18. The molecule has 4 rings (SSSR count). The fourth-order valence-electron chi connectivity index (χ4n) is 3.94. The molecule has 0 aromatic heterocycles. The minimum absolute atomic E-state index is 0.216. The summed E-state index contributed by atoms with van der Waals surface area (Å²) in [7, 11) is 1.46. The Hall–Kier alpha value is -3.52. The van der Waals surface area contributed by atoms with Gasteiger partial charge in [0.05, 0.1) is 23.8 Å². The van der Waals surface area contributed by atoms with Gasteiger partial charge in [0.25, 0.3) is 0 Å². The molecule has 0 bridgehead atoms. The summed E-state index contributed by atoms with van der Waals surface area (Å²) in [5.74, 6) is -1.08. The summed E-state index contributed by atoms with van der Waals surface area (Å²) < 4.78 is 29.4. The summed E-state index contributed by atoms with van der Waals surface area (Å²) in [6, 6.07) is 26.9. The molecule has 1 heterocycles. The van der Waals surface area contributed by atoms with Crippen LogP contribution in [0, 0.1) is 0 Å². The van der Waals surface area contributed by atoms with Gasteiger partial charge in [0.1, 0.15) is 6.10 Å². The average molecular weight is 477 g/mol. The van der Waals surface area contributed by atoms with E-state index in [0.29, 0.717) is 11.1 Å². The minimum atomic E-state index is -0.985. The highest BCUT2D eigenvalue weighted by atomic mass is 16.7. The van der Waals surface area contributed by atoms with Crippen molar-refractivity contribution in [2.75, 3.05) is 7.11 Å². The average Bonchev–Trinajstić information content (AvgIpc) is 2.91. The van der Waals surface area contributed by atoms with E-state index >= 15 is 0 Å². The molecule has 0 saturated carbocycles. The van der Waals surface area contributed by atoms with Crippen LogP contribution in [0.2, 0.25) is 0 Å². The van der Waals surface area contributed by atoms with Crippen molar-refractivity contribution in [2.45, 2.75) is 44.2 Å². The van der Waals surface area contributed by atoms with Crippen molar-refractivity contribution in [1.29, 1.82) is 0 Å². The van der Waals surface area contributed by atoms with Crippen molar-refractivity contribution in [2.24, 2.45) is 0 Å². The molecule has 3 aromatic rings. The van der Waals surface area contributed by atoms with Crippen LogP contribution in [-0.4, -0.2) is 49.8 Å². The molecule has 3 aromatic carbocycles. The fourth-order valence-corrected chi connectivity index (χ4v) is 3.94. The van der Waals surface area contributed by atoms with Gasteiger partial charge in [-0.2, -0.15) is 0 Å². The number of hydrogen-bond donors (Lipinski definition) is 0. The number of methoxy groups -OCH3 is 1. The van der Waals surface area contributed by atoms with Crippen LogP contribution in [0.4, 0.5) is 0 Å². The first-order valence-corrected chi connectivity index (χ1v) is 11.4. The summed E-state index contributed by atoms with van der Waals surface area (Å²) in [5.41, 5.74) is 1.69. The zero-order chi connectivity index (χ0) is 24.6. The Balaban J connectivity index is 1.61. The van der Waals surface area contributed by atoms with Gasteiger partial charge in [-0.05, 0) is 36.8 Å². The van der Waals surface area contributed by atoms with Crippen LogP contribution in [-0.2, 0) is 30.3 Å². The van der Waals surface area contributed by atoms with Gasteiger partial charge in [0, 0.05) is 7.11 Å². The normalized spacial score (nSPS) is 23.9. The van der Waals surface area contributed by atoms with Crippen LogP contribution in [0.5, 0.6) is 0 Å². The van der Waals surface area contributed by atoms with Crippen molar-refractivity contribution in [3.05, 3.63) is 108 Å². The molecule has 0 radical (unpaired) electrons. The third kappa shape index (κ3) is 6.14. The summed E-state index contributed by atoms with van der Waals surface area (Å²) in [4.78, 5) is 25.8. The first-order valence-electron chi connectivity index (χ1n) is 11.4. The van der Waals surface area contributed by atoms with Crippen LogP contribution in [0.25, 0.3) is 0 Å². The zero-order valence-corrected chi connectivity index (χ0v) is 19.6. The largest absolute Gasteiger partial charge is 0.453 e. The molecule has 182 valence electrons. The van der Waals surface area contributed by atoms with Crippen molar-refractivity contribution in [3.8, 4) is 0 Å². The van der Waals surface area contributed by atoms with E-state index in [-0.39, 0.29) is 6.61 Å². The van der Waals surface area contributed by atoms with Crippen LogP contribution < -0.4 is 0 Å². The predicted octanol–water partition coefficient (Wildman–Crippen LogP) is 4.41. The molecule has 5 atom stereocenters. The molecule has 35 heavy (non-hydrogen) atoms. The Morgan fingerprint density at radius 2 is 1.20 bits per heavy atom. The number of hydrogen-bond acceptors (Lipinski definition) is 7. The van der Waals surface area contributed by atoms with Gasteiger partial charge in [-0.25, -0.2) is 9.59 Å². The maximum atomic E-state index is 12.9. The smallest absolute Gasteiger partial charge is 0.338 e. The summed E-state index contributed by atoms with van der Waals surface area (Å²) in [6.45, 7) is 1.98. The van der Waals surface area contributed by atoms with Crippen molar-refractivity contribution < 1.29 is 33.3 Å². The molecular weight excluding hydrogens is 448 g/mol. The number of benzene rings is 3. The quantitative estimate of drug-likeness (QED) is 0.446. The first kappa shape index (κ1) is 24.6. The molecule has 7 heteroatoms. The molecule has 1 fully saturated rings. The Morgan fingerprint density at radius 3 is 1.71 bits per heavy atom. The SMILES string of the molecule is CO[C@@H]1O[C@@H](C)[C@H](OC(=O)c2ccccc2)[C@@H](OCc2ccccc2)[C@H]1OC(=O)c1ccccc1. The van der Waals surface area contributed by atoms with Crippen molar-refractivity contribution >= 4 is 11.9 Å². The Bertz CT molecular complexity index is 1090. The van der Waals surface area contributed by atoms with Gasteiger partial charge in [-0.3, -0.25) is 0 Å². The van der Waals surface area contributed by atoms with Gasteiger partial charge in [0.2, 0.25) is 0 Å². The van der Waals surface area contributed by atoms with E-state index in [4.69, 9.17) is 23.7 Å². The lowest BCUT2D eigenvalue weighted by Crippen LogP contribution is -2.60. The molecule has 1 aliphatic heterocycles. The number of carbonyl (C=O) groups is 2. The topological polar surface area (TPSA) is 80.3 Å². The molecule has 0 N–H and O–H groups in total. The number of rotatable bonds is 8. The maximum absolute atomic E-state index is 12.9. The van der Waals surface area contributed by atoms with Gasteiger partial charge in [-0.1, -0.05) is 66.7 Å². The van der Waals surface area contributed by atoms with E-state index in [1.807, 2.05) is 42.5 Å². The van der Waals surface area contributed by atoms with E-state index in [2.05, 4.69) is 0 Å². The Kier molecular flexibility index (Phi) is 8.26. The van der Waals surface area contributed by atoms with E-state index in [0.717, 1.165) is 5.56 Å². The Labute approximate surface area is 204 Å². The van der Waals surface area contributed by atoms with E-state index in [1.54, 1.807) is 55.5 Å². The van der Waals surface area contributed by atoms with E-state index in [1.165, 1.54) is 7.11 Å². The maximum Gasteiger partial charge on any atom is 0.338 e. The molecule has 0 aliphatic carbocycles. The minimum Gasteiger partial charge on any atom is -0.453 e. The standard InChI is InChI=1S/C28H28O7/c1-19-23(34-26(29)21-14-8-4-9-15-21)24(32-18-20-12-6-3-7-13-20)25(28(31-2)33-19)35-27(30)22-16-10-5-11-17-22/h3-17,19,23-25,28H,18H2,1-2H3/t19-,23-,24+,25+,28+/m0/s1. The second kappa shape index (κ2) is 11.8. The molecule has 0 unspecified atom stereocenters. The van der Waals surface area contributed by atoms with Crippen LogP contribution in [0.15, 0.2) is 91.0 Å². The molecule has 7 nitrogen and oxygen atoms in total. The van der Waals surface area contributed by atoms with E-state index in [9.17, 15) is 9.59 Å².